The van der Waals surface area contributed by atoms with Gasteiger partial charge in [0.2, 0.25) is 5.91 Å². The van der Waals surface area contributed by atoms with Crippen LogP contribution in [-0.4, -0.2) is 57.2 Å². The van der Waals surface area contributed by atoms with E-state index in [9.17, 15) is 4.79 Å². The molecule has 0 radical (unpaired) electrons. The van der Waals surface area contributed by atoms with E-state index in [1.54, 1.807) is 7.11 Å². The van der Waals surface area contributed by atoms with Gasteiger partial charge in [-0.2, -0.15) is 0 Å². The maximum Gasteiger partial charge on any atom is 0.234 e. The summed E-state index contributed by atoms with van der Waals surface area (Å²) < 4.78 is 4.89. The molecule has 5 heteroatoms. The minimum atomic E-state index is 0.0569. The molecule has 0 spiro atoms. The molecule has 0 aliphatic rings. The van der Waals surface area contributed by atoms with Crippen molar-refractivity contribution in [2.75, 3.05) is 46.4 Å². The predicted molar refractivity (Wildman–Crippen MR) is 60.7 cm³/mol. The standard InChI is InChI=1S/C10H23N3O2/c1-3-13(7-5-11)9-10(14)12-6-4-8-15-2/h3-9,11H2,1-2H3,(H,12,14). The van der Waals surface area contributed by atoms with Gasteiger partial charge in [-0.15, -0.1) is 0 Å². The fourth-order valence-electron chi connectivity index (χ4n) is 1.23. The second-order valence-electron chi connectivity index (χ2n) is 3.35. The van der Waals surface area contributed by atoms with E-state index < -0.39 is 0 Å². The Morgan fingerprint density at radius 3 is 2.80 bits per heavy atom. The van der Waals surface area contributed by atoms with E-state index in [-0.39, 0.29) is 5.91 Å². The third-order valence-electron chi connectivity index (χ3n) is 2.11. The summed E-state index contributed by atoms with van der Waals surface area (Å²) >= 11 is 0. The van der Waals surface area contributed by atoms with Crippen LogP contribution in [0, 0.1) is 0 Å². The fraction of sp³-hybridized carbons (Fsp3) is 0.900. The number of nitrogens with zero attached hydrogens (tertiary/aromatic N) is 1. The first-order valence-corrected chi connectivity index (χ1v) is 5.42. The number of hydrogen-bond acceptors (Lipinski definition) is 4. The molecule has 0 bridgehead atoms. The highest BCUT2D eigenvalue weighted by molar-refractivity contribution is 5.77. The van der Waals surface area contributed by atoms with Crippen LogP contribution >= 0.6 is 0 Å². The van der Waals surface area contributed by atoms with Crippen molar-refractivity contribution in [1.29, 1.82) is 0 Å². The fourth-order valence-corrected chi connectivity index (χ4v) is 1.23. The van der Waals surface area contributed by atoms with Crippen molar-refractivity contribution in [2.24, 2.45) is 5.73 Å². The van der Waals surface area contributed by atoms with Crippen LogP contribution in [0.4, 0.5) is 0 Å². The highest BCUT2D eigenvalue weighted by Gasteiger charge is 2.06. The Labute approximate surface area is 91.9 Å². The Morgan fingerprint density at radius 1 is 1.53 bits per heavy atom. The number of methoxy groups -OCH3 is 1. The zero-order valence-corrected chi connectivity index (χ0v) is 9.79. The maximum absolute atomic E-state index is 11.4. The molecule has 0 saturated carbocycles. The van der Waals surface area contributed by atoms with Gasteiger partial charge >= 0.3 is 0 Å². The largest absolute Gasteiger partial charge is 0.385 e. The maximum atomic E-state index is 11.4. The lowest BCUT2D eigenvalue weighted by Gasteiger charge is -2.18. The van der Waals surface area contributed by atoms with Crippen molar-refractivity contribution in [3.8, 4) is 0 Å². The molecule has 0 heterocycles. The molecule has 1 amide bonds. The summed E-state index contributed by atoms with van der Waals surface area (Å²) in [5, 5.41) is 2.84. The van der Waals surface area contributed by atoms with E-state index in [1.165, 1.54) is 0 Å². The summed E-state index contributed by atoms with van der Waals surface area (Å²) in [6.45, 7) is 6.01. The van der Waals surface area contributed by atoms with Gasteiger partial charge in [0.25, 0.3) is 0 Å². The summed E-state index contributed by atoms with van der Waals surface area (Å²) in [5.41, 5.74) is 5.43. The molecule has 0 unspecified atom stereocenters. The van der Waals surface area contributed by atoms with E-state index in [0.29, 0.717) is 26.2 Å². The van der Waals surface area contributed by atoms with Crippen LogP contribution in [0.2, 0.25) is 0 Å². The van der Waals surface area contributed by atoms with Crippen LogP contribution in [0.3, 0.4) is 0 Å². The Morgan fingerprint density at radius 2 is 2.27 bits per heavy atom. The van der Waals surface area contributed by atoms with E-state index in [0.717, 1.165) is 19.5 Å². The Hall–Kier alpha value is -0.650. The number of rotatable bonds is 9. The zero-order valence-electron chi connectivity index (χ0n) is 9.79. The number of hydrogen-bond donors (Lipinski definition) is 2. The highest BCUT2D eigenvalue weighted by Crippen LogP contribution is 1.86. The van der Waals surface area contributed by atoms with Gasteiger partial charge in [0.15, 0.2) is 0 Å². The number of nitrogens with one attached hydrogen (secondary N) is 1. The first-order valence-electron chi connectivity index (χ1n) is 5.42. The molecule has 0 aliphatic heterocycles. The van der Waals surface area contributed by atoms with E-state index in [2.05, 4.69) is 5.32 Å². The molecule has 0 fully saturated rings. The van der Waals surface area contributed by atoms with Gasteiger partial charge in [-0.25, -0.2) is 0 Å². The molecule has 0 aromatic carbocycles. The molecule has 0 aromatic heterocycles. The summed E-state index contributed by atoms with van der Waals surface area (Å²) in [5.74, 6) is 0.0569. The van der Waals surface area contributed by atoms with E-state index in [1.807, 2.05) is 11.8 Å². The second kappa shape index (κ2) is 9.89. The number of carbonyl (C=O) groups excluding carboxylic acids is 1. The van der Waals surface area contributed by atoms with Crippen LogP contribution in [-0.2, 0) is 9.53 Å². The molecule has 15 heavy (non-hydrogen) atoms. The number of likely N-dealkylation sites (N-methyl/N-ethyl adjacent to an activating group) is 1. The minimum absolute atomic E-state index is 0.0569. The van der Waals surface area contributed by atoms with Gasteiger partial charge in [0.05, 0.1) is 6.54 Å². The summed E-state index contributed by atoms with van der Waals surface area (Å²) in [4.78, 5) is 13.4. The van der Waals surface area contributed by atoms with Crippen molar-refractivity contribution in [3.05, 3.63) is 0 Å². The van der Waals surface area contributed by atoms with E-state index in [4.69, 9.17) is 10.5 Å². The number of carbonyl (C=O) groups is 1. The minimum Gasteiger partial charge on any atom is -0.385 e. The molecular formula is C10H23N3O2. The van der Waals surface area contributed by atoms with Crippen LogP contribution < -0.4 is 11.1 Å². The molecular weight excluding hydrogens is 194 g/mol. The Bertz CT molecular complexity index is 165. The SMILES string of the molecule is CCN(CCN)CC(=O)NCCCOC. The molecule has 3 N–H and O–H groups in total. The van der Waals surface area contributed by atoms with Crippen molar-refractivity contribution < 1.29 is 9.53 Å². The molecule has 5 nitrogen and oxygen atoms in total. The van der Waals surface area contributed by atoms with E-state index >= 15 is 0 Å². The van der Waals surface area contributed by atoms with Gasteiger partial charge in [0.1, 0.15) is 0 Å². The number of ether oxygens (including phenoxy) is 1. The van der Waals surface area contributed by atoms with Crippen LogP contribution in [0.1, 0.15) is 13.3 Å². The van der Waals surface area contributed by atoms with Crippen LogP contribution in [0.15, 0.2) is 0 Å². The monoisotopic (exact) mass is 217 g/mol. The highest BCUT2D eigenvalue weighted by atomic mass is 16.5. The summed E-state index contributed by atoms with van der Waals surface area (Å²) in [6.07, 6.45) is 0.852. The Kier molecular flexibility index (Phi) is 9.46. The molecule has 0 aromatic rings. The van der Waals surface area contributed by atoms with Gasteiger partial charge < -0.3 is 15.8 Å². The lowest BCUT2D eigenvalue weighted by atomic mass is 10.4. The lowest BCUT2D eigenvalue weighted by Crippen LogP contribution is -2.39. The predicted octanol–water partition coefficient (Wildman–Crippen LogP) is -0.580. The van der Waals surface area contributed by atoms with Crippen LogP contribution in [0.25, 0.3) is 0 Å². The summed E-state index contributed by atoms with van der Waals surface area (Å²) in [7, 11) is 1.65. The van der Waals surface area contributed by atoms with Crippen LogP contribution in [0.5, 0.6) is 0 Å². The van der Waals surface area contributed by atoms with Crippen molar-refractivity contribution in [1.82, 2.24) is 10.2 Å². The van der Waals surface area contributed by atoms with Gasteiger partial charge in [-0.1, -0.05) is 6.92 Å². The summed E-state index contributed by atoms with van der Waals surface area (Å²) in [6, 6.07) is 0. The lowest BCUT2D eigenvalue weighted by molar-refractivity contribution is -0.122. The smallest absolute Gasteiger partial charge is 0.234 e. The third-order valence-corrected chi connectivity index (χ3v) is 2.11. The van der Waals surface area contributed by atoms with Gasteiger partial charge in [-0.3, -0.25) is 9.69 Å². The number of nitrogens with two attached hydrogens (primary N) is 1. The molecule has 0 atom stereocenters. The molecule has 0 rings (SSSR count). The first-order chi connectivity index (χ1) is 7.24. The zero-order chi connectivity index (χ0) is 11.5. The number of amides is 1. The van der Waals surface area contributed by atoms with Crippen molar-refractivity contribution in [2.45, 2.75) is 13.3 Å². The van der Waals surface area contributed by atoms with Crippen molar-refractivity contribution >= 4 is 5.91 Å². The normalized spacial score (nSPS) is 10.7. The van der Waals surface area contributed by atoms with Gasteiger partial charge in [0, 0.05) is 33.4 Å². The average Bonchev–Trinajstić information content (AvgIpc) is 2.24. The molecule has 0 aliphatic carbocycles. The quantitative estimate of drug-likeness (QED) is 0.507. The molecule has 90 valence electrons. The Balaban J connectivity index is 3.52. The first kappa shape index (κ1) is 14.3. The van der Waals surface area contributed by atoms with Gasteiger partial charge in [-0.05, 0) is 13.0 Å². The van der Waals surface area contributed by atoms with Crippen molar-refractivity contribution in [3.63, 3.8) is 0 Å². The topological polar surface area (TPSA) is 67.6 Å². The average molecular weight is 217 g/mol. The third kappa shape index (κ3) is 8.35. The second-order valence-corrected chi connectivity index (χ2v) is 3.35. The molecule has 0 saturated heterocycles.